The third-order valence-corrected chi connectivity index (χ3v) is 2.56. The Labute approximate surface area is 110 Å². The van der Waals surface area contributed by atoms with Crippen LogP contribution in [0.5, 0.6) is 0 Å². The molecular formula is C12H16FN3O3. The van der Waals surface area contributed by atoms with Gasteiger partial charge in [-0.25, -0.2) is 9.18 Å². The highest BCUT2D eigenvalue weighted by Gasteiger charge is 2.17. The minimum absolute atomic E-state index is 0.00528. The van der Waals surface area contributed by atoms with E-state index in [1.54, 1.807) is 6.92 Å². The predicted octanol–water partition coefficient (Wildman–Crippen LogP) is 0.741. The van der Waals surface area contributed by atoms with Crippen molar-refractivity contribution < 1.29 is 18.7 Å². The van der Waals surface area contributed by atoms with E-state index in [1.807, 2.05) is 0 Å². The number of nitrogens with two attached hydrogens (primary N) is 1. The van der Waals surface area contributed by atoms with E-state index in [4.69, 9.17) is 5.73 Å². The molecule has 0 aromatic heterocycles. The number of carbonyl (C=O) groups is 2. The van der Waals surface area contributed by atoms with Crippen molar-refractivity contribution in [1.82, 2.24) is 5.32 Å². The van der Waals surface area contributed by atoms with Crippen molar-refractivity contribution in [1.29, 1.82) is 0 Å². The van der Waals surface area contributed by atoms with Gasteiger partial charge in [-0.3, -0.25) is 4.79 Å². The number of carbonyl (C=O) groups excluding carboxylic acids is 2. The fourth-order valence-corrected chi connectivity index (χ4v) is 1.50. The third-order valence-electron chi connectivity index (χ3n) is 2.56. The summed E-state index contributed by atoms with van der Waals surface area (Å²) >= 11 is 0. The first-order valence-electron chi connectivity index (χ1n) is 5.56. The van der Waals surface area contributed by atoms with Crippen LogP contribution in [-0.4, -0.2) is 32.1 Å². The third kappa shape index (κ3) is 3.34. The van der Waals surface area contributed by atoms with Crippen LogP contribution in [0.2, 0.25) is 0 Å². The lowest BCUT2D eigenvalue weighted by Gasteiger charge is -2.15. The van der Waals surface area contributed by atoms with Crippen LogP contribution in [-0.2, 0) is 9.53 Å². The van der Waals surface area contributed by atoms with Crippen molar-refractivity contribution in [2.45, 2.75) is 13.0 Å². The van der Waals surface area contributed by atoms with Crippen LogP contribution in [0.4, 0.5) is 15.8 Å². The lowest BCUT2D eigenvalue weighted by atomic mass is 10.1. The lowest BCUT2D eigenvalue weighted by molar-refractivity contribution is -0.121. The molecule has 7 heteroatoms. The number of methoxy groups -OCH3 is 1. The first-order chi connectivity index (χ1) is 8.90. The van der Waals surface area contributed by atoms with E-state index in [0.29, 0.717) is 0 Å². The largest absolute Gasteiger partial charge is 0.465 e. The van der Waals surface area contributed by atoms with Crippen LogP contribution >= 0.6 is 0 Å². The van der Waals surface area contributed by atoms with Crippen LogP contribution in [0, 0.1) is 5.82 Å². The summed E-state index contributed by atoms with van der Waals surface area (Å²) < 4.78 is 18.2. The summed E-state index contributed by atoms with van der Waals surface area (Å²) in [5.41, 5.74) is 5.55. The van der Waals surface area contributed by atoms with Crippen LogP contribution in [0.3, 0.4) is 0 Å². The number of hydrogen-bond acceptors (Lipinski definition) is 5. The van der Waals surface area contributed by atoms with Crippen molar-refractivity contribution in [2.75, 3.05) is 25.2 Å². The molecule has 1 aromatic carbocycles. The molecule has 0 heterocycles. The van der Waals surface area contributed by atoms with E-state index >= 15 is 0 Å². The first-order valence-corrected chi connectivity index (χ1v) is 5.56. The molecule has 104 valence electrons. The topological polar surface area (TPSA) is 93.5 Å². The molecule has 0 spiro atoms. The number of halogens is 1. The minimum Gasteiger partial charge on any atom is -0.465 e. The predicted molar refractivity (Wildman–Crippen MR) is 69.3 cm³/mol. The fourth-order valence-electron chi connectivity index (χ4n) is 1.50. The molecule has 1 unspecified atom stereocenters. The number of benzene rings is 1. The van der Waals surface area contributed by atoms with Gasteiger partial charge in [0.25, 0.3) is 0 Å². The minimum atomic E-state index is -0.673. The summed E-state index contributed by atoms with van der Waals surface area (Å²) in [6, 6.07) is 1.56. The van der Waals surface area contributed by atoms with Gasteiger partial charge in [-0.1, -0.05) is 0 Å². The molecule has 4 N–H and O–H groups in total. The Balaban J connectivity index is 3.08. The standard InChI is InChI=1S/C12H16FN3O3/c1-6(11(17)15-2)16-10-4-7(12(18)19-3)9(14)5-8(10)13/h4-6,16H,14H2,1-3H3,(H,15,17). The van der Waals surface area contributed by atoms with E-state index in [9.17, 15) is 14.0 Å². The number of likely N-dealkylation sites (N-methyl/N-ethyl adjacent to an activating group) is 1. The summed E-state index contributed by atoms with van der Waals surface area (Å²) in [5.74, 6) is -1.63. The van der Waals surface area contributed by atoms with Gasteiger partial charge in [-0.05, 0) is 19.1 Å². The van der Waals surface area contributed by atoms with E-state index < -0.39 is 17.8 Å². The molecule has 1 rings (SSSR count). The van der Waals surface area contributed by atoms with Crippen LogP contribution < -0.4 is 16.4 Å². The molecule has 1 amide bonds. The average Bonchev–Trinajstić information content (AvgIpc) is 2.39. The number of anilines is 2. The van der Waals surface area contributed by atoms with Crippen LogP contribution in [0.1, 0.15) is 17.3 Å². The molecule has 0 aliphatic carbocycles. The second-order valence-electron chi connectivity index (χ2n) is 3.89. The van der Waals surface area contributed by atoms with Gasteiger partial charge in [0.15, 0.2) is 0 Å². The Hall–Kier alpha value is -2.31. The molecule has 0 saturated heterocycles. The van der Waals surface area contributed by atoms with Gasteiger partial charge >= 0.3 is 5.97 Å². The second kappa shape index (κ2) is 6.03. The Kier molecular flexibility index (Phi) is 4.68. The molecule has 0 aliphatic rings. The monoisotopic (exact) mass is 269 g/mol. The maximum absolute atomic E-state index is 13.7. The van der Waals surface area contributed by atoms with Crippen LogP contribution in [0.25, 0.3) is 0 Å². The number of esters is 1. The molecule has 0 aliphatic heterocycles. The van der Waals surface area contributed by atoms with Gasteiger partial charge in [0, 0.05) is 12.7 Å². The van der Waals surface area contributed by atoms with Crippen molar-refractivity contribution in [2.24, 2.45) is 0 Å². The molecular weight excluding hydrogens is 253 g/mol. The Morgan fingerprint density at radius 1 is 1.42 bits per heavy atom. The molecule has 1 atom stereocenters. The lowest BCUT2D eigenvalue weighted by Crippen LogP contribution is -2.35. The van der Waals surface area contributed by atoms with Crippen molar-refractivity contribution in [3.8, 4) is 0 Å². The molecule has 0 saturated carbocycles. The van der Waals surface area contributed by atoms with Crippen molar-refractivity contribution in [3.63, 3.8) is 0 Å². The smallest absolute Gasteiger partial charge is 0.340 e. The second-order valence-corrected chi connectivity index (χ2v) is 3.89. The first kappa shape index (κ1) is 14.7. The number of nitrogens with one attached hydrogen (secondary N) is 2. The summed E-state index contributed by atoms with van der Waals surface area (Å²) in [4.78, 5) is 22.8. The summed E-state index contributed by atoms with van der Waals surface area (Å²) in [7, 11) is 2.67. The van der Waals surface area contributed by atoms with E-state index in [2.05, 4.69) is 15.4 Å². The van der Waals surface area contributed by atoms with E-state index in [0.717, 1.165) is 6.07 Å². The Morgan fingerprint density at radius 3 is 2.58 bits per heavy atom. The van der Waals surface area contributed by atoms with Gasteiger partial charge in [0.1, 0.15) is 11.9 Å². The summed E-state index contributed by atoms with van der Waals surface area (Å²) in [6.45, 7) is 1.56. The quantitative estimate of drug-likeness (QED) is 0.553. The molecule has 6 nitrogen and oxygen atoms in total. The highest BCUT2D eigenvalue weighted by molar-refractivity contribution is 5.96. The van der Waals surface area contributed by atoms with E-state index in [1.165, 1.54) is 20.2 Å². The van der Waals surface area contributed by atoms with E-state index in [-0.39, 0.29) is 22.8 Å². The van der Waals surface area contributed by atoms with Gasteiger partial charge in [0.05, 0.1) is 18.4 Å². The molecule has 0 bridgehead atoms. The summed E-state index contributed by atoms with van der Waals surface area (Å²) in [6.07, 6.45) is 0. The molecule has 0 radical (unpaired) electrons. The van der Waals surface area contributed by atoms with Gasteiger partial charge < -0.3 is 21.1 Å². The SMILES string of the molecule is CNC(=O)C(C)Nc1cc(C(=O)OC)c(N)cc1F. The molecule has 1 aromatic rings. The average molecular weight is 269 g/mol. The van der Waals surface area contributed by atoms with Gasteiger partial charge in [-0.2, -0.15) is 0 Å². The highest BCUT2D eigenvalue weighted by atomic mass is 19.1. The zero-order valence-electron chi connectivity index (χ0n) is 10.9. The zero-order valence-corrected chi connectivity index (χ0v) is 10.9. The van der Waals surface area contributed by atoms with Crippen molar-refractivity contribution >= 4 is 23.3 Å². The van der Waals surface area contributed by atoms with Crippen molar-refractivity contribution in [3.05, 3.63) is 23.5 Å². The Bertz CT molecular complexity index is 505. The number of ether oxygens (including phenoxy) is 1. The molecule has 0 fully saturated rings. The Morgan fingerprint density at radius 2 is 2.05 bits per heavy atom. The zero-order chi connectivity index (χ0) is 14.6. The number of nitrogen functional groups attached to an aromatic ring is 1. The summed E-state index contributed by atoms with van der Waals surface area (Å²) in [5, 5.41) is 5.08. The fraction of sp³-hybridized carbons (Fsp3) is 0.333. The number of rotatable bonds is 4. The highest BCUT2D eigenvalue weighted by Crippen LogP contribution is 2.23. The molecule has 19 heavy (non-hydrogen) atoms. The normalized spacial score (nSPS) is 11.6. The van der Waals surface area contributed by atoms with Gasteiger partial charge in [-0.15, -0.1) is 0 Å². The maximum atomic E-state index is 13.7. The maximum Gasteiger partial charge on any atom is 0.340 e. The van der Waals surface area contributed by atoms with Crippen LogP contribution in [0.15, 0.2) is 12.1 Å². The van der Waals surface area contributed by atoms with Gasteiger partial charge in [0.2, 0.25) is 5.91 Å². The number of amides is 1. The number of hydrogen-bond donors (Lipinski definition) is 3.